The summed E-state index contributed by atoms with van der Waals surface area (Å²) < 4.78 is 5.73. The number of hydrogen-bond acceptors (Lipinski definition) is 2. The summed E-state index contributed by atoms with van der Waals surface area (Å²) in [7, 11) is 0. The van der Waals surface area contributed by atoms with Crippen LogP contribution in [-0.4, -0.2) is 5.78 Å². The Kier molecular flexibility index (Phi) is 4.94. The Morgan fingerprint density at radius 2 is 1.55 bits per heavy atom. The van der Waals surface area contributed by atoms with Gasteiger partial charge in [0.15, 0.2) is 0 Å². The van der Waals surface area contributed by atoms with E-state index in [2.05, 4.69) is 31.2 Å². The molecule has 0 saturated carbocycles. The van der Waals surface area contributed by atoms with E-state index in [1.165, 1.54) is 5.56 Å². The predicted molar refractivity (Wildman–Crippen MR) is 81.0 cm³/mol. The van der Waals surface area contributed by atoms with Gasteiger partial charge in [0.05, 0.1) is 0 Å². The maximum absolute atomic E-state index is 11.4. The molecule has 104 valence electrons. The number of rotatable bonds is 6. The van der Waals surface area contributed by atoms with Gasteiger partial charge in [-0.3, -0.25) is 4.79 Å². The fraction of sp³-hybridized carbons (Fsp3) is 0.278. The van der Waals surface area contributed by atoms with Crippen molar-refractivity contribution in [1.29, 1.82) is 0 Å². The molecule has 20 heavy (non-hydrogen) atoms. The van der Waals surface area contributed by atoms with E-state index in [-0.39, 0.29) is 5.78 Å². The third kappa shape index (κ3) is 4.23. The lowest BCUT2D eigenvalue weighted by Crippen LogP contribution is -2.00. The second kappa shape index (κ2) is 6.90. The summed E-state index contributed by atoms with van der Waals surface area (Å²) in [6.07, 6.45) is 1.10. The van der Waals surface area contributed by atoms with Crippen LogP contribution in [0.2, 0.25) is 0 Å². The lowest BCUT2D eigenvalue weighted by Gasteiger charge is -2.07. The van der Waals surface area contributed by atoms with Crippen molar-refractivity contribution in [3.8, 4) is 5.75 Å². The minimum absolute atomic E-state index is 0.262. The molecule has 0 aliphatic carbocycles. The molecule has 0 bridgehead atoms. The standard InChI is InChI=1S/C18H20O2/c1-3-17(19)12-15-8-10-18(11-9-15)20-13-16-6-4-14(2)5-7-16/h4-11H,3,12-13H2,1-2H3. The van der Waals surface area contributed by atoms with Gasteiger partial charge in [0.2, 0.25) is 0 Å². The molecule has 0 heterocycles. The second-order valence-electron chi connectivity index (χ2n) is 4.99. The Morgan fingerprint density at radius 1 is 0.950 bits per heavy atom. The lowest BCUT2D eigenvalue weighted by molar-refractivity contribution is -0.118. The molecule has 0 aliphatic heterocycles. The largest absolute Gasteiger partial charge is 0.489 e. The first-order valence-corrected chi connectivity index (χ1v) is 6.96. The van der Waals surface area contributed by atoms with Crippen LogP contribution in [0.5, 0.6) is 5.75 Å². The summed E-state index contributed by atoms with van der Waals surface area (Å²) in [6.45, 7) is 4.52. The summed E-state index contributed by atoms with van der Waals surface area (Å²) in [5.41, 5.74) is 3.44. The van der Waals surface area contributed by atoms with E-state index in [9.17, 15) is 4.79 Å². The summed E-state index contributed by atoms with van der Waals surface area (Å²) in [6, 6.07) is 16.1. The van der Waals surface area contributed by atoms with Crippen LogP contribution in [0, 0.1) is 6.92 Å². The summed E-state index contributed by atoms with van der Waals surface area (Å²) in [4.78, 5) is 11.4. The maximum Gasteiger partial charge on any atom is 0.136 e. The molecule has 0 radical (unpaired) electrons. The van der Waals surface area contributed by atoms with E-state index in [0.29, 0.717) is 19.4 Å². The van der Waals surface area contributed by atoms with Crippen molar-refractivity contribution < 1.29 is 9.53 Å². The number of ether oxygens (including phenoxy) is 1. The van der Waals surface area contributed by atoms with E-state index in [1.54, 1.807) is 0 Å². The topological polar surface area (TPSA) is 26.3 Å². The SMILES string of the molecule is CCC(=O)Cc1ccc(OCc2ccc(C)cc2)cc1. The van der Waals surface area contributed by atoms with Crippen LogP contribution in [-0.2, 0) is 17.8 Å². The predicted octanol–water partition coefficient (Wildman–Crippen LogP) is 4.10. The number of hydrogen-bond donors (Lipinski definition) is 0. The number of carbonyl (C=O) groups is 1. The molecule has 0 atom stereocenters. The molecule has 0 fully saturated rings. The fourth-order valence-electron chi connectivity index (χ4n) is 1.91. The third-order valence-corrected chi connectivity index (χ3v) is 3.25. The Labute approximate surface area is 120 Å². The van der Waals surface area contributed by atoms with Crippen LogP contribution in [0.15, 0.2) is 48.5 Å². The monoisotopic (exact) mass is 268 g/mol. The lowest BCUT2D eigenvalue weighted by atomic mass is 10.1. The molecule has 0 saturated heterocycles. The minimum atomic E-state index is 0.262. The highest BCUT2D eigenvalue weighted by Gasteiger charge is 2.01. The van der Waals surface area contributed by atoms with E-state index < -0.39 is 0 Å². The van der Waals surface area contributed by atoms with Crippen LogP contribution >= 0.6 is 0 Å². The van der Waals surface area contributed by atoms with E-state index in [0.717, 1.165) is 16.9 Å². The maximum atomic E-state index is 11.4. The van der Waals surface area contributed by atoms with Crippen LogP contribution < -0.4 is 4.74 Å². The first-order chi connectivity index (χ1) is 9.67. The molecule has 2 aromatic carbocycles. The van der Waals surface area contributed by atoms with Gasteiger partial charge in [0.1, 0.15) is 18.1 Å². The van der Waals surface area contributed by atoms with E-state index in [1.807, 2.05) is 31.2 Å². The average molecular weight is 268 g/mol. The Morgan fingerprint density at radius 3 is 2.15 bits per heavy atom. The van der Waals surface area contributed by atoms with Crippen molar-refractivity contribution in [3.05, 3.63) is 65.2 Å². The zero-order valence-corrected chi connectivity index (χ0v) is 12.1. The Hall–Kier alpha value is -2.09. The molecule has 0 aliphatic rings. The van der Waals surface area contributed by atoms with Crippen LogP contribution in [0.3, 0.4) is 0 Å². The third-order valence-electron chi connectivity index (χ3n) is 3.25. The molecule has 2 heteroatoms. The van der Waals surface area contributed by atoms with Gasteiger partial charge in [-0.25, -0.2) is 0 Å². The van der Waals surface area contributed by atoms with Gasteiger partial charge in [-0.05, 0) is 30.2 Å². The number of Topliss-reactive ketones (excluding diaryl/α,β-unsaturated/α-hetero) is 1. The zero-order valence-electron chi connectivity index (χ0n) is 12.1. The highest BCUT2D eigenvalue weighted by molar-refractivity contribution is 5.80. The molecular formula is C18H20O2. The van der Waals surface area contributed by atoms with Crippen molar-refractivity contribution in [1.82, 2.24) is 0 Å². The smallest absolute Gasteiger partial charge is 0.136 e. The number of aryl methyl sites for hydroxylation is 1. The Balaban J connectivity index is 1.90. The van der Waals surface area contributed by atoms with Crippen LogP contribution in [0.4, 0.5) is 0 Å². The van der Waals surface area contributed by atoms with Gasteiger partial charge < -0.3 is 4.74 Å². The molecule has 0 aromatic heterocycles. The van der Waals surface area contributed by atoms with Crippen molar-refractivity contribution in [2.75, 3.05) is 0 Å². The Bertz CT molecular complexity index is 553. The van der Waals surface area contributed by atoms with Crippen molar-refractivity contribution >= 4 is 5.78 Å². The first-order valence-electron chi connectivity index (χ1n) is 6.96. The number of ketones is 1. The highest BCUT2D eigenvalue weighted by Crippen LogP contribution is 2.15. The fourth-order valence-corrected chi connectivity index (χ4v) is 1.91. The zero-order chi connectivity index (χ0) is 14.4. The normalized spacial score (nSPS) is 10.3. The molecule has 2 aromatic rings. The first kappa shape index (κ1) is 14.3. The molecule has 2 nitrogen and oxygen atoms in total. The number of benzene rings is 2. The van der Waals surface area contributed by atoms with Crippen LogP contribution in [0.1, 0.15) is 30.0 Å². The molecule has 2 rings (SSSR count). The molecule has 0 spiro atoms. The van der Waals surface area contributed by atoms with Crippen molar-refractivity contribution in [2.24, 2.45) is 0 Å². The molecule has 0 unspecified atom stereocenters. The van der Waals surface area contributed by atoms with Gasteiger partial charge in [-0.1, -0.05) is 48.9 Å². The van der Waals surface area contributed by atoms with E-state index in [4.69, 9.17) is 4.74 Å². The molecular weight excluding hydrogens is 248 g/mol. The number of carbonyl (C=O) groups excluding carboxylic acids is 1. The van der Waals surface area contributed by atoms with Crippen LogP contribution in [0.25, 0.3) is 0 Å². The molecule has 0 N–H and O–H groups in total. The summed E-state index contributed by atoms with van der Waals surface area (Å²) in [5.74, 6) is 1.09. The molecule has 0 amide bonds. The average Bonchev–Trinajstić information content (AvgIpc) is 2.48. The van der Waals surface area contributed by atoms with Crippen molar-refractivity contribution in [2.45, 2.75) is 33.3 Å². The highest BCUT2D eigenvalue weighted by atomic mass is 16.5. The van der Waals surface area contributed by atoms with Gasteiger partial charge >= 0.3 is 0 Å². The van der Waals surface area contributed by atoms with Gasteiger partial charge in [-0.2, -0.15) is 0 Å². The van der Waals surface area contributed by atoms with Gasteiger partial charge in [-0.15, -0.1) is 0 Å². The van der Waals surface area contributed by atoms with E-state index >= 15 is 0 Å². The van der Waals surface area contributed by atoms with Gasteiger partial charge in [0.25, 0.3) is 0 Å². The summed E-state index contributed by atoms with van der Waals surface area (Å²) in [5, 5.41) is 0. The summed E-state index contributed by atoms with van der Waals surface area (Å²) >= 11 is 0. The second-order valence-corrected chi connectivity index (χ2v) is 4.99. The minimum Gasteiger partial charge on any atom is -0.489 e. The van der Waals surface area contributed by atoms with Crippen molar-refractivity contribution in [3.63, 3.8) is 0 Å². The quantitative estimate of drug-likeness (QED) is 0.788. The van der Waals surface area contributed by atoms with Gasteiger partial charge in [0, 0.05) is 12.8 Å².